The summed E-state index contributed by atoms with van der Waals surface area (Å²) in [5.41, 5.74) is 10.8. The lowest BCUT2D eigenvalue weighted by atomic mass is 9.97. The zero-order valence-electron chi connectivity index (χ0n) is 12.3. The molecule has 6 heteroatoms. The molecule has 0 aliphatic rings. The van der Waals surface area contributed by atoms with Crippen LogP contribution in [0.15, 0.2) is 36.8 Å². The van der Waals surface area contributed by atoms with Gasteiger partial charge >= 0.3 is 0 Å². The first-order valence-electron chi connectivity index (χ1n) is 6.92. The third-order valence-corrected chi connectivity index (χ3v) is 3.88. The molecule has 0 atom stereocenters. The number of H-pyrrole nitrogens is 1. The Labute approximate surface area is 126 Å². The van der Waals surface area contributed by atoms with E-state index < -0.39 is 0 Å². The molecular weight excluding hydrogens is 278 g/mol. The number of fused-ring (bicyclic) bond motifs is 2. The molecule has 4 rings (SSSR count). The van der Waals surface area contributed by atoms with Crippen molar-refractivity contribution >= 4 is 22.4 Å². The topological polar surface area (TPSA) is 81.2 Å². The number of nitrogens with one attached hydrogen (secondary N) is 1. The second-order valence-corrected chi connectivity index (χ2v) is 5.28. The highest BCUT2D eigenvalue weighted by atomic mass is 16.5. The summed E-state index contributed by atoms with van der Waals surface area (Å²) in [5.74, 6) is 1.30. The molecule has 0 radical (unpaired) electrons. The van der Waals surface area contributed by atoms with Crippen LogP contribution in [-0.4, -0.2) is 26.7 Å². The fraction of sp³-hybridized carbons (Fsp3) is 0.125. The van der Waals surface area contributed by atoms with E-state index in [-0.39, 0.29) is 0 Å². The van der Waals surface area contributed by atoms with Crippen LogP contribution in [0.5, 0.6) is 5.75 Å². The lowest BCUT2D eigenvalue weighted by molar-refractivity contribution is 0.418. The molecule has 110 valence electrons. The SMILES string of the molecule is COc1cc(C)c(-c2ccc3nc(N)cn3c2)c2cn[nH]c12. The van der Waals surface area contributed by atoms with E-state index in [0.717, 1.165) is 39.0 Å². The number of pyridine rings is 1. The van der Waals surface area contributed by atoms with E-state index >= 15 is 0 Å². The summed E-state index contributed by atoms with van der Waals surface area (Å²) in [6.45, 7) is 2.07. The summed E-state index contributed by atoms with van der Waals surface area (Å²) in [6.07, 6.45) is 5.66. The number of nitrogens with zero attached hydrogens (tertiary/aromatic N) is 3. The van der Waals surface area contributed by atoms with Gasteiger partial charge in [-0.3, -0.25) is 5.10 Å². The van der Waals surface area contributed by atoms with Gasteiger partial charge in [0.15, 0.2) is 0 Å². The van der Waals surface area contributed by atoms with Crippen molar-refractivity contribution in [1.29, 1.82) is 0 Å². The number of aryl methyl sites for hydroxylation is 1. The average molecular weight is 293 g/mol. The molecule has 22 heavy (non-hydrogen) atoms. The van der Waals surface area contributed by atoms with E-state index in [9.17, 15) is 0 Å². The van der Waals surface area contributed by atoms with Gasteiger partial charge in [-0.2, -0.15) is 5.10 Å². The maximum atomic E-state index is 5.76. The van der Waals surface area contributed by atoms with Gasteiger partial charge in [0.25, 0.3) is 0 Å². The smallest absolute Gasteiger partial charge is 0.144 e. The first kappa shape index (κ1) is 12.7. The predicted octanol–water partition coefficient (Wildman–Crippen LogP) is 2.78. The molecule has 4 aromatic rings. The Morgan fingerprint density at radius 2 is 2.14 bits per heavy atom. The number of hydrogen-bond donors (Lipinski definition) is 2. The number of imidazole rings is 1. The number of rotatable bonds is 2. The number of nitrogens with two attached hydrogens (primary N) is 1. The largest absolute Gasteiger partial charge is 0.494 e. The second-order valence-electron chi connectivity index (χ2n) is 5.28. The van der Waals surface area contributed by atoms with Crippen LogP contribution in [0, 0.1) is 6.92 Å². The highest BCUT2D eigenvalue weighted by Crippen LogP contribution is 2.36. The molecule has 3 N–H and O–H groups in total. The third-order valence-electron chi connectivity index (χ3n) is 3.88. The molecule has 3 heterocycles. The first-order valence-corrected chi connectivity index (χ1v) is 6.92. The van der Waals surface area contributed by atoms with Gasteiger partial charge in [0.05, 0.1) is 19.5 Å². The summed E-state index contributed by atoms with van der Waals surface area (Å²) in [6, 6.07) is 6.02. The number of anilines is 1. The van der Waals surface area contributed by atoms with Gasteiger partial charge in [-0.15, -0.1) is 0 Å². The lowest BCUT2D eigenvalue weighted by Crippen LogP contribution is -1.92. The predicted molar refractivity (Wildman–Crippen MR) is 86.0 cm³/mol. The summed E-state index contributed by atoms with van der Waals surface area (Å²) >= 11 is 0. The number of aromatic amines is 1. The molecule has 0 fully saturated rings. The molecule has 1 aromatic carbocycles. The summed E-state index contributed by atoms with van der Waals surface area (Å²) in [5, 5.41) is 8.19. The minimum atomic E-state index is 0.511. The highest BCUT2D eigenvalue weighted by molar-refractivity contribution is 5.99. The van der Waals surface area contributed by atoms with Gasteiger partial charge < -0.3 is 14.9 Å². The highest BCUT2D eigenvalue weighted by Gasteiger charge is 2.14. The van der Waals surface area contributed by atoms with Crippen LogP contribution in [0.25, 0.3) is 27.7 Å². The summed E-state index contributed by atoms with van der Waals surface area (Å²) < 4.78 is 7.36. The van der Waals surface area contributed by atoms with Crippen molar-refractivity contribution in [3.05, 3.63) is 42.4 Å². The molecule has 0 saturated heterocycles. The normalized spacial score (nSPS) is 11.4. The van der Waals surface area contributed by atoms with Crippen LogP contribution in [0.1, 0.15) is 5.56 Å². The summed E-state index contributed by atoms with van der Waals surface area (Å²) in [4.78, 5) is 4.25. The van der Waals surface area contributed by atoms with Crippen molar-refractivity contribution < 1.29 is 4.74 Å². The summed E-state index contributed by atoms with van der Waals surface area (Å²) in [7, 11) is 1.66. The Morgan fingerprint density at radius 3 is 2.95 bits per heavy atom. The van der Waals surface area contributed by atoms with Gasteiger partial charge in [-0.25, -0.2) is 4.98 Å². The third kappa shape index (κ3) is 1.74. The molecule has 3 aromatic heterocycles. The van der Waals surface area contributed by atoms with Gasteiger partial charge in [0.2, 0.25) is 0 Å². The fourth-order valence-electron chi connectivity index (χ4n) is 2.92. The standard InChI is InChI=1S/C16H15N5O/c1-9-5-12(22-2)16-11(6-18-20-16)15(9)10-3-4-14-19-13(17)8-21(14)7-10/h3-8H,17H2,1-2H3,(H,18,20). The Bertz CT molecular complexity index is 999. The van der Waals surface area contributed by atoms with Crippen LogP contribution in [0.3, 0.4) is 0 Å². The molecule has 0 saturated carbocycles. The zero-order valence-corrected chi connectivity index (χ0v) is 12.3. The van der Waals surface area contributed by atoms with Crippen molar-refractivity contribution in [3.63, 3.8) is 0 Å². The van der Waals surface area contributed by atoms with E-state index in [2.05, 4.69) is 22.1 Å². The Kier molecular flexibility index (Phi) is 2.59. The number of aromatic nitrogens is 4. The van der Waals surface area contributed by atoms with Gasteiger partial charge in [-0.1, -0.05) is 0 Å². The second kappa shape index (κ2) is 4.49. The van der Waals surface area contributed by atoms with Crippen LogP contribution >= 0.6 is 0 Å². The van der Waals surface area contributed by atoms with Gasteiger partial charge in [0, 0.05) is 11.6 Å². The zero-order chi connectivity index (χ0) is 15.3. The first-order chi connectivity index (χ1) is 10.7. The van der Waals surface area contributed by atoms with Gasteiger partial charge in [0.1, 0.15) is 22.7 Å². The quantitative estimate of drug-likeness (QED) is 0.595. The number of benzene rings is 1. The van der Waals surface area contributed by atoms with E-state index in [4.69, 9.17) is 10.5 Å². The molecule has 0 aliphatic carbocycles. The molecule has 6 nitrogen and oxygen atoms in total. The average Bonchev–Trinajstić information content (AvgIpc) is 3.11. The number of hydrogen-bond acceptors (Lipinski definition) is 4. The molecule has 0 bridgehead atoms. The van der Waals surface area contributed by atoms with Crippen LogP contribution in [-0.2, 0) is 0 Å². The van der Waals surface area contributed by atoms with Crippen molar-refractivity contribution in [3.8, 4) is 16.9 Å². The number of ether oxygens (including phenoxy) is 1. The van der Waals surface area contributed by atoms with Crippen molar-refractivity contribution in [2.24, 2.45) is 0 Å². The number of nitrogen functional groups attached to an aromatic ring is 1. The number of methoxy groups -OCH3 is 1. The molecular formula is C16H15N5O. The van der Waals surface area contributed by atoms with E-state index in [1.54, 1.807) is 7.11 Å². The van der Waals surface area contributed by atoms with Crippen LogP contribution in [0.4, 0.5) is 5.82 Å². The van der Waals surface area contributed by atoms with Crippen molar-refractivity contribution in [2.75, 3.05) is 12.8 Å². The van der Waals surface area contributed by atoms with Crippen molar-refractivity contribution in [2.45, 2.75) is 6.92 Å². The van der Waals surface area contributed by atoms with Crippen molar-refractivity contribution in [1.82, 2.24) is 19.6 Å². The lowest BCUT2D eigenvalue weighted by Gasteiger charge is -2.11. The molecule has 0 amide bonds. The molecule has 0 spiro atoms. The van der Waals surface area contributed by atoms with Crippen LogP contribution < -0.4 is 10.5 Å². The Balaban J connectivity index is 2.02. The van der Waals surface area contributed by atoms with E-state index in [1.165, 1.54) is 0 Å². The minimum absolute atomic E-state index is 0.511. The monoisotopic (exact) mass is 293 g/mol. The van der Waals surface area contributed by atoms with Gasteiger partial charge in [-0.05, 0) is 41.8 Å². The minimum Gasteiger partial charge on any atom is -0.494 e. The molecule has 0 aliphatic heterocycles. The fourth-order valence-corrected chi connectivity index (χ4v) is 2.92. The maximum Gasteiger partial charge on any atom is 0.144 e. The van der Waals surface area contributed by atoms with Crippen LogP contribution in [0.2, 0.25) is 0 Å². The van der Waals surface area contributed by atoms with E-state index in [1.807, 2.05) is 41.2 Å². The molecule has 0 unspecified atom stereocenters. The maximum absolute atomic E-state index is 5.76. The Hall–Kier alpha value is -3.02. The Morgan fingerprint density at radius 1 is 1.27 bits per heavy atom. The van der Waals surface area contributed by atoms with E-state index in [0.29, 0.717) is 5.82 Å².